The predicted octanol–water partition coefficient (Wildman–Crippen LogP) is 6.47. The molecule has 1 fully saturated rings. The average molecular weight is 436 g/mol. The molecule has 1 aliphatic rings. The minimum absolute atomic E-state index is 0.126. The van der Waals surface area contributed by atoms with Gasteiger partial charge in [-0.05, 0) is 55.5 Å². The van der Waals surface area contributed by atoms with Crippen molar-refractivity contribution in [3.8, 4) is 0 Å². The van der Waals surface area contributed by atoms with Gasteiger partial charge in [0.25, 0.3) is 5.91 Å². The standard InChI is InChI=1S/C22H21Cl3N2O/c1-13-3-4-20-16(9-13)17(12-26(20)2)14-5-7-27(8-6-14)22(28)21-18(24)10-15(23)11-19(21)25/h3-4,9-12,14H,5-8H2,1-2H3. The van der Waals surface area contributed by atoms with Gasteiger partial charge in [0.1, 0.15) is 0 Å². The SMILES string of the molecule is Cc1ccc2c(c1)c(C1CCN(C(=O)c3c(Cl)cc(Cl)cc3Cl)CC1)cn2C. The molecule has 2 heterocycles. The summed E-state index contributed by atoms with van der Waals surface area (Å²) in [6.07, 6.45) is 4.07. The van der Waals surface area contributed by atoms with Crippen molar-refractivity contribution in [3.63, 3.8) is 0 Å². The smallest absolute Gasteiger partial charge is 0.256 e. The van der Waals surface area contributed by atoms with Crippen LogP contribution in [0, 0.1) is 6.92 Å². The molecule has 1 aliphatic heterocycles. The molecule has 1 amide bonds. The first-order chi connectivity index (χ1) is 13.3. The quantitative estimate of drug-likeness (QED) is 0.453. The van der Waals surface area contributed by atoms with E-state index in [9.17, 15) is 4.79 Å². The van der Waals surface area contributed by atoms with Crippen molar-refractivity contribution in [2.75, 3.05) is 13.1 Å². The number of hydrogen-bond donors (Lipinski definition) is 0. The third kappa shape index (κ3) is 3.52. The lowest BCUT2D eigenvalue weighted by molar-refractivity contribution is 0.0713. The van der Waals surface area contributed by atoms with Crippen LogP contribution in [0.15, 0.2) is 36.5 Å². The van der Waals surface area contributed by atoms with Crippen LogP contribution < -0.4 is 0 Å². The molecule has 28 heavy (non-hydrogen) atoms. The van der Waals surface area contributed by atoms with E-state index in [0.29, 0.717) is 39.6 Å². The highest BCUT2D eigenvalue weighted by atomic mass is 35.5. The maximum atomic E-state index is 13.0. The monoisotopic (exact) mass is 434 g/mol. The molecule has 0 radical (unpaired) electrons. The van der Waals surface area contributed by atoms with Crippen molar-refractivity contribution in [3.05, 3.63) is 68.3 Å². The predicted molar refractivity (Wildman–Crippen MR) is 117 cm³/mol. The number of aromatic nitrogens is 1. The van der Waals surface area contributed by atoms with Crippen molar-refractivity contribution in [1.29, 1.82) is 0 Å². The van der Waals surface area contributed by atoms with E-state index in [-0.39, 0.29) is 5.91 Å². The highest BCUT2D eigenvalue weighted by molar-refractivity contribution is 6.42. The number of piperidine rings is 1. The van der Waals surface area contributed by atoms with Crippen LogP contribution >= 0.6 is 34.8 Å². The molecule has 0 unspecified atom stereocenters. The molecule has 0 spiro atoms. The second-order valence-electron chi connectivity index (χ2n) is 7.53. The highest BCUT2D eigenvalue weighted by Crippen LogP contribution is 2.36. The van der Waals surface area contributed by atoms with Crippen LogP contribution in [0.5, 0.6) is 0 Å². The Hall–Kier alpha value is -1.68. The third-order valence-electron chi connectivity index (χ3n) is 5.62. The molecule has 1 aromatic heterocycles. The fourth-order valence-electron chi connectivity index (χ4n) is 4.16. The number of rotatable bonds is 2. The van der Waals surface area contributed by atoms with Gasteiger partial charge in [0.2, 0.25) is 0 Å². The van der Waals surface area contributed by atoms with Gasteiger partial charge in [-0.3, -0.25) is 4.79 Å². The zero-order valence-corrected chi connectivity index (χ0v) is 18.1. The first kappa shape index (κ1) is 19.6. The van der Waals surface area contributed by atoms with Gasteiger partial charge in [-0.25, -0.2) is 0 Å². The number of halogens is 3. The van der Waals surface area contributed by atoms with Crippen LogP contribution in [0.4, 0.5) is 0 Å². The van der Waals surface area contributed by atoms with Crippen molar-refractivity contribution in [1.82, 2.24) is 9.47 Å². The van der Waals surface area contributed by atoms with Gasteiger partial charge in [-0.1, -0.05) is 46.4 Å². The van der Waals surface area contributed by atoms with Gasteiger partial charge in [0.05, 0.1) is 15.6 Å². The van der Waals surface area contributed by atoms with Crippen molar-refractivity contribution < 1.29 is 4.79 Å². The Balaban J connectivity index is 1.54. The van der Waals surface area contributed by atoms with E-state index in [2.05, 4.69) is 42.9 Å². The second-order valence-corrected chi connectivity index (χ2v) is 8.78. The molecular formula is C22H21Cl3N2O. The zero-order chi connectivity index (χ0) is 20.0. The molecule has 0 N–H and O–H groups in total. The molecule has 1 saturated heterocycles. The topological polar surface area (TPSA) is 25.2 Å². The molecule has 3 aromatic rings. The largest absolute Gasteiger partial charge is 0.350 e. The van der Waals surface area contributed by atoms with Crippen molar-refractivity contribution >= 4 is 51.6 Å². The van der Waals surface area contributed by atoms with E-state index >= 15 is 0 Å². The number of likely N-dealkylation sites (tertiary alicyclic amines) is 1. The van der Waals surface area contributed by atoms with E-state index in [4.69, 9.17) is 34.8 Å². The molecule has 4 rings (SSSR count). The normalized spacial score (nSPS) is 15.4. The van der Waals surface area contributed by atoms with Gasteiger partial charge >= 0.3 is 0 Å². The van der Waals surface area contributed by atoms with E-state index in [1.807, 2.05) is 4.90 Å². The maximum Gasteiger partial charge on any atom is 0.256 e. The summed E-state index contributed by atoms with van der Waals surface area (Å²) < 4.78 is 2.19. The number of fused-ring (bicyclic) bond motifs is 1. The van der Waals surface area contributed by atoms with Crippen LogP contribution in [0.1, 0.15) is 40.2 Å². The Bertz CT molecular complexity index is 1040. The van der Waals surface area contributed by atoms with E-state index < -0.39 is 0 Å². The lowest BCUT2D eigenvalue weighted by atomic mass is 9.88. The van der Waals surface area contributed by atoms with Gasteiger partial charge in [-0.2, -0.15) is 0 Å². The molecular weight excluding hydrogens is 415 g/mol. The molecule has 6 heteroatoms. The Kier molecular flexibility index (Phi) is 5.34. The summed E-state index contributed by atoms with van der Waals surface area (Å²) in [6, 6.07) is 9.71. The molecule has 0 atom stereocenters. The van der Waals surface area contributed by atoms with Crippen molar-refractivity contribution in [2.45, 2.75) is 25.7 Å². The summed E-state index contributed by atoms with van der Waals surface area (Å²) in [5.74, 6) is 0.310. The molecule has 0 aliphatic carbocycles. The summed E-state index contributed by atoms with van der Waals surface area (Å²) in [4.78, 5) is 14.8. The summed E-state index contributed by atoms with van der Waals surface area (Å²) in [7, 11) is 2.09. The molecule has 3 nitrogen and oxygen atoms in total. The number of carbonyl (C=O) groups excluding carboxylic acids is 1. The first-order valence-corrected chi connectivity index (χ1v) is 10.5. The summed E-state index contributed by atoms with van der Waals surface area (Å²) >= 11 is 18.4. The number of amides is 1. The Morgan fingerprint density at radius 2 is 1.68 bits per heavy atom. The van der Waals surface area contributed by atoms with Crippen molar-refractivity contribution in [2.24, 2.45) is 7.05 Å². The number of benzene rings is 2. The van der Waals surface area contributed by atoms with Crippen LogP contribution in [-0.2, 0) is 7.05 Å². The van der Waals surface area contributed by atoms with E-state index in [0.717, 1.165) is 12.8 Å². The number of aryl methyl sites for hydroxylation is 2. The highest BCUT2D eigenvalue weighted by Gasteiger charge is 2.28. The third-order valence-corrected chi connectivity index (χ3v) is 6.43. The number of hydrogen-bond acceptors (Lipinski definition) is 1. The summed E-state index contributed by atoms with van der Waals surface area (Å²) in [5.41, 5.74) is 4.22. The minimum atomic E-state index is -0.126. The molecule has 2 aromatic carbocycles. The minimum Gasteiger partial charge on any atom is -0.350 e. The Morgan fingerprint density at radius 3 is 2.32 bits per heavy atom. The van der Waals surface area contributed by atoms with Crippen LogP contribution in [0.25, 0.3) is 10.9 Å². The fraction of sp³-hybridized carbons (Fsp3) is 0.318. The fourth-order valence-corrected chi connectivity index (χ4v) is 5.14. The number of carbonyl (C=O) groups is 1. The van der Waals surface area contributed by atoms with Crippen LogP contribution in [0.3, 0.4) is 0 Å². The average Bonchev–Trinajstić information content (AvgIpc) is 2.97. The van der Waals surface area contributed by atoms with Gasteiger partial charge < -0.3 is 9.47 Å². The van der Waals surface area contributed by atoms with Gasteiger partial charge in [0, 0.05) is 42.3 Å². The number of nitrogens with zero attached hydrogens (tertiary/aromatic N) is 2. The summed E-state index contributed by atoms with van der Waals surface area (Å²) in [6.45, 7) is 3.49. The van der Waals surface area contributed by atoms with E-state index in [1.54, 1.807) is 12.1 Å². The second kappa shape index (κ2) is 7.62. The van der Waals surface area contributed by atoms with Crippen LogP contribution in [0.2, 0.25) is 15.1 Å². The molecule has 0 bridgehead atoms. The van der Waals surface area contributed by atoms with Gasteiger partial charge in [0.15, 0.2) is 0 Å². The van der Waals surface area contributed by atoms with Gasteiger partial charge in [-0.15, -0.1) is 0 Å². The Morgan fingerprint density at radius 1 is 1.04 bits per heavy atom. The first-order valence-electron chi connectivity index (χ1n) is 9.34. The van der Waals surface area contributed by atoms with E-state index in [1.165, 1.54) is 22.0 Å². The molecule has 0 saturated carbocycles. The zero-order valence-electron chi connectivity index (χ0n) is 15.8. The lowest BCUT2D eigenvalue weighted by Gasteiger charge is -2.32. The summed E-state index contributed by atoms with van der Waals surface area (Å²) in [5, 5.41) is 2.34. The lowest BCUT2D eigenvalue weighted by Crippen LogP contribution is -2.38. The Labute approximate surface area is 179 Å². The maximum absolute atomic E-state index is 13.0. The van der Waals surface area contributed by atoms with Crippen LogP contribution in [-0.4, -0.2) is 28.5 Å². The molecule has 146 valence electrons.